The van der Waals surface area contributed by atoms with E-state index in [1.807, 2.05) is 6.07 Å². The molecule has 0 unspecified atom stereocenters. The maximum Gasteiger partial charge on any atom is 0.158 e. The van der Waals surface area contributed by atoms with Crippen LogP contribution in [0.1, 0.15) is 23.2 Å². The van der Waals surface area contributed by atoms with Crippen molar-refractivity contribution in [3.05, 3.63) is 53.5 Å². The van der Waals surface area contributed by atoms with E-state index in [-0.39, 0.29) is 5.60 Å². The zero-order chi connectivity index (χ0) is 15.0. The van der Waals surface area contributed by atoms with Crippen LogP contribution in [0.5, 0.6) is 0 Å². The molecule has 0 radical (unpaired) electrons. The van der Waals surface area contributed by atoms with Gasteiger partial charge in [-0.3, -0.25) is 0 Å². The van der Waals surface area contributed by atoms with E-state index < -0.39 is 0 Å². The van der Waals surface area contributed by atoms with Crippen LogP contribution in [0.3, 0.4) is 0 Å². The van der Waals surface area contributed by atoms with Crippen LogP contribution in [0.2, 0.25) is 0 Å². The largest absolute Gasteiger partial charge is 0.367 e. The Kier molecular flexibility index (Phi) is 3.05. The molecule has 4 rings (SSSR count). The number of aromatic nitrogens is 2. The van der Waals surface area contributed by atoms with Crippen LogP contribution >= 0.6 is 0 Å². The van der Waals surface area contributed by atoms with E-state index in [0.29, 0.717) is 12.3 Å². The second-order valence-corrected chi connectivity index (χ2v) is 5.79. The van der Waals surface area contributed by atoms with E-state index in [2.05, 4.69) is 39.1 Å². The van der Waals surface area contributed by atoms with Crippen molar-refractivity contribution < 1.29 is 4.74 Å². The van der Waals surface area contributed by atoms with Gasteiger partial charge in [0.25, 0.3) is 0 Å². The fourth-order valence-corrected chi connectivity index (χ4v) is 3.49. The first-order valence-electron chi connectivity index (χ1n) is 7.50. The fraction of sp³-hybridized carbons (Fsp3) is 0.353. The van der Waals surface area contributed by atoms with E-state index >= 15 is 0 Å². The van der Waals surface area contributed by atoms with Crippen LogP contribution in [0.4, 0.5) is 5.82 Å². The van der Waals surface area contributed by atoms with Gasteiger partial charge in [0.05, 0.1) is 25.5 Å². The lowest BCUT2D eigenvalue weighted by Crippen LogP contribution is -2.49. The first-order valence-corrected chi connectivity index (χ1v) is 7.50. The molecule has 0 amide bonds. The number of hydrogen-bond acceptors (Lipinski definition) is 5. The Morgan fingerprint density at radius 3 is 2.95 bits per heavy atom. The Hall–Kier alpha value is -2.45. The monoisotopic (exact) mass is 292 g/mol. The van der Waals surface area contributed by atoms with E-state index in [1.165, 1.54) is 17.3 Å². The minimum absolute atomic E-state index is 0.232. The third kappa shape index (κ3) is 2.04. The first-order chi connectivity index (χ1) is 10.8. The number of morpholine rings is 1. The van der Waals surface area contributed by atoms with Gasteiger partial charge >= 0.3 is 0 Å². The fourth-order valence-electron chi connectivity index (χ4n) is 3.49. The maximum absolute atomic E-state index is 8.83. The molecule has 1 aliphatic carbocycles. The average molecular weight is 292 g/mol. The molecule has 1 fully saturated rings. The van der Waals surface area contributed by atoms with Crippen LogP contribution in [0.15, 0.2) is 36.7 Å². The summed E-state index contributed by atoms with van der Waals surface area (Å²) in [5.74, 6) is 0.811. The highest BCUT2D eigenvalue weighted by Crippen LogP contribution is 2.42. The van der Waals surface area contributed by atoms with Crippen molar-refractivity contribution >= 4 is 5.82 Å². The van der Waals surface area contributed by atoms with Crippen molar-refractivity contribution in [3.8, 4) is 6.07 Å². The van der Waals surface area contributed by atoms with Crippen LogP contribution < -0.4 is 4.90 Å². The minimum Gasteiger partial charge on any atom is -0.367 e. The van der Waals surface area contributed by atoms with Crippen molar-refractivity contribution in [1.29, 1.82) is 5.26 Å². The molecule has 1 atom stereocenters. The Morgan fingerprint density at radius 1 is 1.23 bits per heavy atom. The molecular weight excluding hydrogens is 276 g/mol. The van der Waals surface area contributed by atoms with E-state index in [0.717, 1.165) is 31.7 Å². The lowest BCUT2D eigenvalue weighted by atomic mass is 9.93. The minimum atomic E-state index is -0.232. The highest BCUT2D eigenvalue weighted by molar-refractivity contribution is 5.44. The summed E-state index contributed by atoms with van der Waals surface area (Å²) in [5, 5.41) is 8.83. The van der Waals surface area contributed by atoms with Crippen LogP contribution in [0, 0.1) is 11.3 Å². The summed E-state index contributed by atoms with van der Waals surface area (Å²) in [5.41, 5.74) is 2.80. The van der Waals surface area contributed by atoms with Gasteiger partial charge in [0, 0.05) is 6.54 Å². The smallest absolute Gasteiger partial charge is 0.158 e. The molecule has 2 aliphatic rings. The van der Waals surface area contributed by atoms with Gasteiger partial charge in [-0.05, 0) is 24.0 Å². The molecule has 5 nitrogen and oxygen atoms in total. The zero-order valence-corrected chi connectivity index (χ0v) is 12.2. The lowest BCUT2D eigenvalue weighted by Gasteiger charge is -2.41. The molecule has 1 aromatic heterocycles. The van der Waals surface area contributed by atoms with E-state index in [1.54, 1.807) is 6.20 Å². The predicted molar refractivity (Wildman–Crippen MR) is 81.4 cm³/mol. The molecular formula is C17H16N4O. The average Bonchev–Trinajstić information content (AvgIpc) is 2.94. The summed E-state index contributed by atoms with van der Waals surface area (Å²) in [6, 6.07) is 10.5. The SMILES string of the molecule is N#Cc1cnc(N2CCO[C@@]3(CCc4ccccc43)C2)cn1. The molecule has 0 N–H and O–H groups in total. The Labute approximate surface area is 129 Å². The van der Waals surface area contributed by atoms with Gasteiger partial charge in [-0.15, -0.1) is 0 Å². The summed E-state index contributed by atoms with van der Waals surface area (Å²) >= 11 is 0. The summed E-state index contributed by atoms with van der Waals surface area (Å²) in [4.78, 5) is 10.7. The maximum atomic E-state index is 8.83. The third-order valence-electron chi connectivity index (χ3n) is 4.57. The van der Waals surface area contributed by atoms with Crippen molar-refractivity contribution in [2.24, 2.45) is 0 Å². The lowest BCUT2D eigenvalue weighted by molar-refractivity contribution is -0.0594. The Morgan fingerprint density at radius 2 is 2.14 bits per heavy atom. The van der Waals surface area contributed by atoms with Gasteiger partial charge < -0.3 is 9.64 Å². The topological polar surface area (TPSA) is 62.0 Å². The second kappa shape index (κ2) is 5.08. The van der Waals surface area contributed by atoms with Gasteiger partial charge in [-0.2, -0.15) is 5.26 Å². The van der Waals surface area contributed by atoms with Gasteiger partial charge in [0.15, 0.2) is 5.69 Å². The second-order valence-electron chi connectivity index (χ2n) is 5.79. The highest BCUT2D eigenvalue weighted by atomic mass is 16.5. The van der Waals surface area contributed by atoms with Crippen molar-refractivity contribution in [3.63, 3.8) is 0 Å². The zero-order valence-electron chi connectivity index (χ0n) is 12.2. The molecule has 1 aromatic carbocycles. The Balaban J connectivity index is 1.64. The molecule has 1 saturated heterocycles. The number of aryl methyl sites for hydroxylation is 1. The molecule has 22 heavy (non-hydrogen) atoms. The number of anilines is 1. The van der Waals surface area contributed by atoms with Crippen LogP contribution in [-0.4, -0.2) is 29.7 Å². The van der Waals surface area contributed by atoms with Gasteiger partial charge in [-0.1, -0.05) is 24.3 Å². The van der Waals surface area contributed by atoms with Crippen molar-refractivity contribution in [2.75, 3.05) is 24.6 Å². The summed E-state index contributed by atoms with van der Waals surface area (Å²) in [6.07, 6.45) is 5.27. The Bertz CT molecular complexity index is 733. The molecule has 0 saturated carbocycles. The number of hydrogen-bond donors (Lipinski definition) is 0. The molecule has 5 heteroatoms. The molecule has 110 valence electrons. The van der Waals surface area contributed by atoms with Crippen LogP contribution in [0.25, 0.3) is 0 Å². The van der Waals surface area contributed by atoms with Crippen LogP contribution in [-0.2, 0) is 16.8 Å². The van der Waals surface area contributed by atoms with Crippen molar-refractivity contribution in [1.82, 2.24) is 9.97 Å². The van der Waals surface area contributed by atoms with Gasteiger partial charge in [0.2, 0.25) is 0 Å². The van der Waals surface area contributed by atoms with E-state index in [9.17, 15) is 0 Å². The number of fused-ring (bicyclic) bond motifs is 2. The molecule has 1 spiro atoms. The molecule has 1 aliphatic heterocycles. The summed E-state index contributed by atoms with van der Waals surface area (Å²) < 4.78 is 6.21. The van der Waals surface area contributed by atoms with Crippen molar-refractivity contribution in [2.45, 2.75) is 18.4 Å². The van der Waals surface area contributed by atoms with Gasteiger partial charge in [0.1, 0.15) is 17.5 Å². The quantitative estimate of drug-likeness (QED) is 0.804. The standard InChI is InChI=1S/C17H16N4O/c18-9-14-10-20-16(11-19-14)21-7-8-22-17(12-21)6-5-13-3-1-2-4-15(13)17/h1-4,10-11H,5-8,12H2/t17-/m0/s1. The number of nitriles is 1. The normalized spacial score (nSPS) is 23.3. The number of benzene rings is 1. The van der Waals surface area contributed by atoms with Gasteiger partial charge in [-0.25, -0.2) is 9.97 Å². The third-order valence-corrected chi connectivity index (χ3v) is 4.57. The molecule has 2 heterocycles. The highest BCUT2D eigenvalue weighted by Gasteiger charge is 2.43. The number of ether oxygens (including phenoxy) is 1. The summed E-state index contributed by atoms with van der Waals surface area (Å²) in [7, 11) is 0. The summed E-state index contributed by atoms with van der Waals surface area (Å²) in [6.45, 7) is 2.26. The number of rotatable bonds is 1. The molecule has 0 bridgehead atoms. The molecule has 2 aromatic rings. The van der Waals surface area contributed by atoms with E-state index in [4.69, 9.17) is 10.00 Å². The number of nitrogens with zero attached hydrogens (tertiary/aromatic N) is 4. The first kappa shape index (κ1) is 13.2. The predicted octanol–water partition coefficient (Wildman–Crippen LogP) is 2.03.